The number of hydrogen-bond donors (Lipinski definition) is 0. The summed E-state index contributed by atoms with van der Waals surface area (Å²) in [6.07, 6.45) is 5.85. The molecule has 0 atom stereocenters. The second kappa shape index (κ2) is 7.06. The number of aryl methyl sites for hydroxylation is 1. The highest BCUT2D eigenvalue weighted by atomic mass is 16.2. The quantitative estimate of drug-likeness (QED) is 0.858. The Morgan fingerprint density at radius 1 is 1.12 bits per heavy atom. The van der Waals surface area contributed by atoms with Crippen LogP contribution in [0.2, 0.25) is 0 Å². The van der Waals surface area contributed by atoms with Crippen LogP contribution in [0.25, 0.3) is 11.0 Å². The summed E-state index contributed by atoms with van der Waals surface area (Å²) < 4.78 is 2.28. The summed E-state index contributed by atoms with van der Waals surface area (Å²) in [6.45, 7) is 6.46. The van der Waals surface area contributed by atoms with E-state index in [9.17, 15) is 4.79 Å². The fourth-order valence-electron chi connectivity index (χ4n) is 4.36. The topological polar surface area (TPSA) is 41.4 Å². The van der Waals surface area contributed by atoms with Crippen LogP contribution in [0.3, 0.4) is 0 Å². The van der Waals surface area contributed by atoms with Gasteiger partial charge in [0.1, 0.15) is 0 Å². The van der Waals surface area contributed by atoms with Crippen molar-refractivity contribution in [2.24, 2.45) is 5.92 Å². The third-order valence-corrected chi connectivity index (χ3v) is 5.80. The van der Waals surface area contributed by atoms with Gasteiger partial charge in [0.25, 0.3) is 0 Å². The Hall–Kier alpha value is -2.04. The number of rotatable bonds is 4. The lowest BCUT2D eigenvalue weighted by Crippen LogP contribution is -2.49. The van der Waals surface area contributed by atoms with Crippen LogP contribution in [-0.4, -0.2) is 46.5 Å². The van der Waals surface area contributed by atoms with Crippen LogP contribution in [0.4, 0.5) is 5.95 Å². The molecule has 2 aromatic rings. The number of piperazine rings is 1. The number of carbonyl (C=O) groups is 1. The first kappa shape index (κ1) is 16.4. The summed E-state index contributed by atoms with van der Waals surface area (Å²) in [5.74, 6) is 2.04. The Bertz CT molecular complexity index is 739. The maximum Gasteiger partial charge on any atom is 0.222 e. The molecular formula is C20H28N4O. The molecular weight excluding hydrogens is 312 g/mol. The standard InChI is InChI=1S/C20H28N4O/c1-2-24-18-10-6-5-9-17(18)21-20(24)23-13-11-22(12-14-23)19(25)15-16-7-3-4-8-16/h5-6,9-10,16H,2-4,7-8,11-15H2,1H3. The van der Waals surface area contributed by atoms with E-state index in [-0.39, 0.29) is 0 Å². The Balaban J connectivity index is 1.42. The first-order valence-electron chi connectivity index (χ1n) is 9.74. The third-order valence-electron chi connectivity index (χ3n) is 5.80. The highest BCUT2D eigenvalue weighted by molar-refractivity contribution is 5.79. The van der Waals surface area contributed by atoms with E-state index in [1.165, 1.54) is 31.2 Å². The van der Waals surface area contributed by atoms with E-state index in [0.29, 0.717) is 11.8 Å². The van der Waals surface area contributed by atoms with Gasteiger partial charge in [-0.05, 0) is 37.8 Å². The normalized spacial score (nSPS) is 19.1. The van der Waals surface area contributed by atoms with Gasteiger partial charge in [-0.3, -0.25) is 4.79 Å². The van der Waals surface area contributed by atoms with Gasteiger partial charge in [0.15, 0.2) is 0 Å². The van der Waals surface area contributed by atoms with Crippen molar-refractivity contribution in [3.05, 3.63) is 24.3 Å². The van der Waals surface area contributed by atoms with Crippen molar-refractivity contribution >= 4 is 22.9 Å². The first-order valence-corrected chi connectivity index (χ1v) is 9.74. The number of benzene rings is 1. The van der Waals surface area contributed by atoms with E-state index in [1.54, 1.807) is 0 Å². The lowest BCUT2D eigenvalue weighted by molar-refractivity contribution is -0.132. The largest absolute Gasteiger partial charge is 0.339 e. The molecule has 4 rings (SSSR count). The molecule has 2 aliphatic rings. The van der Waals surface area contributed by atoms with Crippen molar-refractivity contribution in [2.45, 2.75) is 45.6 Å². The van der Waals surface area contributed by atoms with Gasteiger partial charge in [-0.1, -0.05) is 25.0 Å². The average Bonchev–Trinajstić information content (AvgIpc) is 3.28. The lowest BCUT2D eigenvalue weighted by Gasteiger charge is -2.36. The summed E-state index contributed by atoms with van der Waals surface area (Å²) in [5, 5.41) is 0. The maximum absolute atomic E-state index is 12.5. The van der Waals surface area contributed by atoms with Gasteiger partial charge < -0.3 is 14.4 Å². The van der Waals surface area contributed by atoms with Gasteiger partial charge in [0, 0.05) is 39.1 Å². The van der Waals surface area contributed by atoms with Crippen molar-refractivity contribution < 1.29 is 4.79 Å². The number of amides is 1. The molecule has 1 aromatic heterocycles. The summed E-state index contributed by atoms with van der Waals surface area (Å²) >= 11 is 0. The number of hydrogen-bond acceptors (Lipinski definition) is 3. The number of para-hydroxylation sites is 2. The Morgan fingerprint density at radius 3 is 2.56 bits per heavy atom. The van der Waals surface area contributed by atoms with Crippen LogP contribution in [0.1, 0.15) is 39.0 Å². The van der Waals surface area contributed by atoms with Crippen LogP contribution in [0, 0.1) is 5.92 Å². The van der Waals surface area contributed by atoms with E-state index in [2.05, 4.69) is 39.5 Å². The number of imidazole rings is 1. The monoisotopic (exact) mass is 340 g/mol. The maximum atomic E-state index is 12.5. The molecule has 5 nitrogen and oxygen atoms in total. The van der Waals surface area contributed by atoms with E-state index < -0.39 is 0 Å². The number of aromatic nitrogens is 2. The molecule has 1 aromatic carbocycles. The van der Waals surface area contributed by atoms with Gasteiger partial charge in [0.05, 0.1) is 11.0 Å². The Morgan fingerprint density at radius 2 is 1.84 bits per heavy atom. The Kier molecular flexibility index (Phi) is 4.64. The zero-order chi connectivity index (χ0) is 17.2. The number of anilines is 1. The third kappa shape index (κ3) is 3.24. The molecule has 0 N–H and O–H groups in total. The van der Waals surface area contributed by atoms with Crippen molar-refractivity contribution in [1.82, 2.24) is 14.5 Å². The van der Waals surface area contributed by atoms with Gasteiger partial charge in [-0.15, -0.1) is 0 Å². The SMILES string of the molecule is CCn1c(N2CCN(C(=O)CC3CCCC3)CC2)nc2ccccc21. The Labute approximate surface area is 149 Å². The molecule has 2 heterocycles. The molecule has 0 spiro atoms. The van der Waals surface area contributed by atoms with E-state index in [0.717, 1.165) is 50.6 Å². The van der Waals surface area contributed by atoms with Crippen molar-refractivity contribution in [2.75, 3.05) is 31.1 Å². The molecule has 134 valence electrons. The van der Waals surface area contributed by atoms with Crippen LogP contribution < -0.4 is 4.90 Å². The molecule has 1 aliphatic heterocycles. The molecule has 0 radical (unpaired) electrons. The summed E-state index contributed by atoms with van der Waals surface area (Å²) in [7, 11) is 0. The average molecular weight is 340 g/mol. The van der Waals surface area contributed by atoms with Crippen molar-refractivity contribution in [3.8, 4) is 0 Å². The fourth-order valence-corrected chi connectivity index (χ4v) is 4.36. The lowest BCUT2D eigenvalue weighted by atomic mass is 10.0. The summed E-state index contributed by atoms with van der Waals surface area (Å²) in [4.78, 5) is 21.8. The zero-order valence-corrected chi connectivity index (χ0v) is 15.2. The highest BCUT2D eigenvalue weighted by Gasteiger charge is 2.26. The number of fused-ring (bicyclic) bond motifs is 1. The van der Waals surface area contributed by atoms with Crippen molar-refractivity contribution in [1.29, 1.82) is 0 Å². The molecule has 1 saturated carbocycles. The van der Waals surface area contributed by atoms with Crippen molar-refractivity contribution in [3.63, 3.8) is 0 Å². The van der Waals surface area contributed by atoms with E-state index in [4.69, 9.17) is 4.98 Å². The molecule has 25 heavy (non-hydrogen) atoms. The minimum atomic E-state index is 0.357. The summed E-state index contributed by atoms with van der Waals surface area (Å²) in [6, 6.07) is 8.32. The van der Waals surface area contributed by atoms with E-state index >= 15 is 0 Å². The zero-order valence-electron chi connectivity index (χ0n) is 15.2. The predicted octanol–water partition coefficient (Wildman–Crippen LogP) is 3.29. The highest BCUT2D eigenvalue weighted by Crippen LogP contribution is 2.28. The second-order valence-corrected chi connectivity index (χ2v) is 7.37. The van der Waals surface area contributed by atoms with Crippen LogP contribution >= 0.6 is 0 Å². The van der Waals surface area contributed by atoms with Gasteiger partial charge >= 0.3 is 0 Å². The second-order valence-electron chi connectivity index (χ2n) is 7.37. The summed E-state index contributed by atoms with van der Waals surface area (Å²) in [5.41, 5.74) is 2.25. The molecule has 1 aliphatic carbocycles. The smallest absolute Gasteiger partial charge is 0.222 e. The van der Waals surface area contributed by atoms with E-state index in [1.807, 2.05) is 6.07 Å². The number of nitrogens with zero attached hydrogens (tertiary/aromatic N) is 4. The first-order chi connectivity index (χ1) is 12.3. The molecule has 0 unspecified atom stereocenters. The molecule has 1 amide bonds. The minimum Gasteiger partial charge on any atom is -0.339 e. The number of carbonyl (C=O) groups excluding carboxylic acids is 1. The fraction of sp³-hybridized carbons (Fsp3) is 0.600. The van der Waals surface area contributed by atoms with Crippen LogP contribution in [0.5, 0.6) is 0 Å². The molecule has 1 saturated heterocycles. The van der Waals surface area contributed by atoms with Crippen LogP contribution in [-0.2, 0) is 11.3 Å². The van der Waals surface area contributed by atoms with Gasteiger partial charge in [-0.25, -0.2) is 4.98 Å². The predicted molar refractivity (Wildman–Crippen MR) is 101 cm³/mol. The molecule has 0 bridgehead atoms. The molecule has 2 fully saturated rings. The molecule has 5 heteroatoms. The minimum absolute atomic E-state index is 0.357. The van der Waals surface area contributed by atoms with Gasteiger partial charge in [-0.2, -0.15) is 0 Å². The van der Waals surface area contributed by atoms with Gasteiger partial charge in [0.2, 0.25) is 11.9 Å². The van der Waals surface area contributed by atoms with Crippen LogP contribution in [0.15, 0.2) is 24.3 Å².